The molecular formula is C64H45Cl6F3KNO11. The van der Waals surface area contributed by atoms with E-state index in [4.69, 9.17) is 85.2 Å². The van der Waals surface area contributed by atoms with Crippen molar-refractivity contribution in [3.8, 4) is 33.4 Å². The van der Waals surface area contributed by atoms with Crippen LogP contribution in [0, 0.1) is 17.5 Å². The summed E-state index contributed by atoms with van der Waals surface area (Å²) in [5.74, 6) is -6.12. The van der Waals surface area contributed by atoms with E-state index in [1.165, 1.54) is 87.0 Å². The molecule has 5 N–H and O–H groups in total. The van der Waals surface area contributed by atoms with E-state index >= 15 is 0 Å². The Labute approximate surface area is 563 Å². The molecule has 0 aromatic heterocycles. The first-order valence-corrected chi connectivity index (χ1v) is 26.7. The normalized spacial score (nSPS) is 10.1. The Morgan fingerprint density at radius 1 is 0.407 bits per heavy atom. The molecule has 0 aliphatic heterocycles. The predicted octanol–water partition coefficient (Wildman–Crippen LogP) is 14.3. The average Bonchev–Trinajstić information content (AvgIpc) is 3.57. The molecule has 9 rings (SSSR count). The first-order valence-electron chi connectivity index (χ1n) is 24.4. The molecule has 436 valence electrons. The summed E-state index contributed by atoms with van der Waals surface area (Å²) in [7, 11) is 2.43. The van der Waals surface area contributed by atoms with Crippen molar-refractivity contribution in [2.24, 2.45) is 0 Å². The zero-order chi connectivity index (χ0) is 61.4. The van der Waals surface area contributed by atoms with E-state index in [2.05, 4.69) is 4.74 Å². The molecule has 9 aromatic rings. The zero-order valence-corrected chi connectivity index (χ0v) is 53.0. The molecule has 0 saturated heterocycles. The van der Waals surface area contributed by atoms with Crippen LogP contribution in [0.15, 0.2) is 182 Å². The minimum absolute atomic E-state index is 0. The van der Waals surface area contributed by atoms with Gasteiger partial charge in [0, 0.05) is 76.5 Å². The second-order valence-electron chi connectivity index (χ2n) is 17.8. The Morgan fingerprint density at radius 3 is 1.02 bits per heavy atom. The Balaban J connectivity index is 0.000000255. The minimum Gasteiger partial charge on any atom is -0.870 e. The first-order chi connectivity index (χ1) is 40.0. The van der Waals surface area contributed by atoms with E-state index < -0.39 is 41.3 Å². The summed E-state index contributed by atoms with van der Waals surface area (Å²) >= 11 is 34.9. The Kier molecular flexibility index (Phi) is 28.2. The van der Waals surface area contributed by atoms with Crippen LogP contribution in [-0.2, 0) is 22.3 Å². The van der Waals surface area contributed by atoms with Crippen LogP contribution < -0.4 is 57.1 Å². The molecule has 0 saturated carbocycles. The van der Waals surface area contributed by atoms with E-state index in [9.17, 15) is 47.0 Å². The minimum atomic E-state index is -1.31. The number of carbonyl (C=O) groups is 6. The third-order valence-corrected chi connectivity index (χ3v) is 13.3. The number of benzene rings is 9. The van der Waals surface area contributed by atoms with Crippen LogP contribution in [0.4, 0.5) is 18.9 Å². The monoisotopic (exact) mass is 1310 g/mol. The summed E-state index contributed by atoms with van der Waals surface area (Å²) in [4.78, 5) is 70.8. The number of hydrogen-bond acceptors (Lipinski definition) is 10. The van der Waals surface area contributed by atoms with Crippen LogP contribution >= 0.6 is 69.6 Å². The van der Waals surface area contributed by atoms with Crippen molar-refractivity contribution in [2.75, 3.05) is 20.0 Å². The van der Waals surface area contributed by atoms with Crippen LogP contribution in [0.25, 0.3) is 33.4 Å². The van der Waals surface area contributed by atoms with E-state index in [1.54, 1.807) is 78.9 Å². The van der Waals surface area contributed by atoms with Crippen LogP contribution in [0.1, 0.15) is 73.3 Å². The third kappa shape index (κ3) is 20.1. The Bertz CT molecular complexity index is 3880. The second kappa shape index (κ2) is 33.9. The summed E-state index contributed by atoms with van der Waals surface area (Å²) in [5.41, 5.74) is 9.76. The maximum atomic E-state index is 14.7. The molecule has 0 bridgehead atoms. The molecule has 9 aromatic carbocycles. The molecule has 86 heavy (non-hydrogen) atoms. The molecule has 22 heteroatoms. The maximum absolute atomic E-state index is 14.7. The summed E-state index contributed by atoms with van der Waals surface area (Å²) in [5, 5.41) is 19.8. The van der Waals surface area contributed by atoms with Gasteiger partial charge in [0.2, 0.25) is 0 Å². The van der Waals surface area contributed by atoms with Gasteiger partial charge in [0.1, 0.15) is 17.5 Å². The van der Waals surface area contributed by atoms with E-state index in [-0.39, 0.29) is 126 Å². The molecule has 0 aliphatic carbocycles. The molecule has 0 unspecified atom stereocenters. The smallest absolute Gasteiger partial charge is 0.870 e. The summed E-state index contributed by atoms with van der Waals surface area (Å²) in [6, 6.07) is 47.1. The van der Waals surface area contributed by atoms with Crippen molar-refractivity contribution in [3.63, 3.8) is 0 Å². The Hall–Kier alpha value is -6.87. The standard InChI is InChI=1S/C22H15Cl2FO3.C21H13Cl2FO3.C14H12FNO2.C7H4Cl2O2.K.H2O/c1-28-22(27)19-12-20(25)18(13-5-3-2-4-6-13)9-14(19)10-21(26)15-7-16(23)11-17(24)8-15;22-15-6-14(7-16(23)10-15)20(25)9-13-8-17(12-4-2-1-3-5-12)19(24)11-18(13)21(26)27;1-18-14(17)11-7-12(15)10(8-13(11)16)9-5-3-2-4-6-9;8-5-1-4(7(10)11)2-6(9)3-5;;/h2-9,11-12H,10H2,1H3;1-8,10-11H,9H2,(H,26,27);2-8H,16H2,1H3;1-3H,(H,10,11);;1H2/q;;;;+1;/p-1. The molecule has 12 nitrogen and oxygen atoms in total. The topological polar surface area (TPSA) is 217 Å². The number of carboxylic acids is 2. The molecule has 0 spiro atoms. The number of methoxy groups -OCH3 is 2. The average molecular weight is 1310 g/mol. The number of esters is 2. The van der Waals surface area contributed by atoms with Gasteiger partial charge in [0.15, 0.2) is 11.6 Å². The van der Waals surface area contributed by atoms with Crippen molar-refractivity contribution in [1.82, 2.24) is 0 Å². The van der Waals surface area contributed by atoms with Gasteiger partial charge in [-0.1, -0.05) is 161 Å². The van der Waals surface area contributed by atoms with Gasteiger partial charge >= 0.3 is 75.3 Å². The largest absolute Gasteiger partial charge is 1.00 e. The van der Waals surface area contributed by atoms with Gasteiger partial charge in [-0.2, -0.15) is 0 Å². The number of ether oxygens (including phenoxy) is 2. The number of anilines is 1. The van der Waals surface area contributed by atoms with Gasteiger partial charge in [0.25, 0.3) is 0 Å². The van der Waals surface area contributed by atoms with E-state index in [1.807, 2.05) is 12.1 Å². The molecular weight excluding hydrogens is 1270 g/mol. The van der Waals surface area contributed by atoms with Gasteiger partial charge in [-0.3, -0.25) is 9.59 Å². The SMILES string of the molecule is COC(=O)c1cc(F)c(-c2ccccc2)cc1CC(=O)c1cc(Cl)cc(Cl)c1.COC(=O)c1cc(F)c(-c2ccccc2)cc1N.O=C(Cc1cc(-c2ccccc2)c(F)cc1C(=O)O)c1cc(Cl)cc(Cl)c1.O=C(O)c1cc(Cl)cc(Cl)c1.[K+].[OH-]. The number of rotatable bonds is 13. The van der Waals surface area contributed by atoms with E-state index in [0.717, 1.165) is 18.2 Å². The maximum Gasteiger partial charge on any atom is 1.00 e. The van der Waals surface area contributed by atoms with Crippen LogP contribution in [0.2, 0.25) is 30.1 Å². The number of carboxylic acid groups (broad SMARTS) is 2. The zero-order valence-electron chi connectivity index (χ0n) is 45.3. The van der Waals surface area contributed by atoms with Gasteiger partial charge < -0.3 is 30.9 Å². The Morgan fingerprint density at radius 2 is 0.698 bits per heavy atom. The molecule has 0 radical (unpaired) electrons. The first kappa shape index (κ1) is 71.6. The fourth-order valence-electron chi connectivity index (χ4n) is 8.08. The second-order valence-corrected chi connectivity index (χ2v) is 20.4. The van der Waals surface area contributed by atoms with Gasteiger partial charge in [0.05, 0.1) is 36.5 Å². The number of halogens is 9. The molecule has 0 amide bonds. The van der Waals surface area contributed by atoms with Crippen molar-refractivity contribution >= 4 is 111 Å². The van der Waals surface area contributed by atoms with Gasteiger partial charge in [-0.25, -0.2) is 32.3 Å². The van der Waals surface area contributed by atoms with Crippen LogP contribution in [0.5, 0.6) is 0 Å². The number of nitrogen functional groups attached to an aromatic ring is 1. The quantitative estimate of drug-likeness (QED) is 0.0425. The molecule has 0 heterocycles. The predicted molar refractivity (Wildman–Crippen MR) is 324 cm³/mol. The number of nitrogens with two attached hydrogens (primary N) is 1. The molecule has 0 fully saturated rings. The summed E-state index contributed by atoms with van der Waals surface area (Å²) in [6.45, 7) is 0. The van der Waals surface area contributed by atoms with E-state index in [0.29, 0.717) is 69.1 Å². The third-order valence-electron chi connectivity index (χ3n) is 12.0. The van der Waals surface area contributed by atoms with Crippen molar-refractivity contribution in [2.45, 2.75) is 12.8 Å². The van der Waals surface area contributed by atoms with Crippen LogP contribution in [0.3, 0.4) is 0 Å². The number of aromatic carboxylic acids is 2. The van der Waals surface area contributed by atoms with Crippen molar-refractivity contribution < 1.29 is 118 Å². The summed E-state index contributed by atoms with van der Waals surface area (Å²) < 4.78 is 52.3. The molecule has 0 aliphatic rings. The molecule has 0 atom stereocenters. The summed E-state index contributed by atoms with van der Waals surface area (Å²) in [6.07, 6.45) is -0.361. The van der Waals surface area contributed by atoms with Crippen LogP contribution in [-0.4, -0.2) is 65.4 Å². The number of ketones is 2. The number of carbonyl (C=O) groups excluding carboxylic acids is 4. The van der Waals surface area contributed by atoms with Gasteiger partial charge in [-0.05, 0) is 119 Å². The fourth-order valence-corrected chi connectivity index (χ4v) is 9.66. The van der Waals surface area contributed by atoms with Crippen molar-refractivity contribution in [1.29, 1.82) is 0 Å². The number of hydrogen-bond donors (Lipinski definition) is 3. The van der Waals surface area contributed by atoms with Crippen molar-refractivity contribution in [3.05, 3.63) is 274 Å². The van der Waals surface area contributed by atoms with Gasteiger partial charge in [-0.15, -0.1) is 0 Å². The fraction of sp³-hybridized carbons (Fsp3) is 0.0625. The number of Topliss-reactive ketones (excluding diaryl/α,β-unsaturated/α-hetero) is 2.